The molecule has 0 spiro atoms. The fourth-order valence-corrected chi connectivity index (χ4v) is 1.74. The average molecular weight is 225 g/mol. The molecule has 0 aliphatic heterocycles. The van der Waals surface area contributed by atoms with Crippen LogP contribution in [0.25, 0.3) is 16.9 Å². The van der Waals surface area contributed by atoms with Crippen molar-refractivity contribution in [2.45, 2.75) is 6.54 Å². The van der Waals surface area contributed by atoms with Gasteiger partial charge in [-0.2, -0.15) is 4.68 Å². The molecule has 0 unspecified atom stereocenters. The Morgan fingerprint density at radius 1 is 1.06 bits per heavy atom. The van der Waals surface area contributed by atoms with Gasteiger partial charge in [0.1, 0.15) is 5.52 Å². The Bertz CT molecular complexity index is 659. The molecule has 84 valence electrons. The van der Waals surface area contributed by atoms with Crippen LogP contribution < -0.4 is 5.73 Å². The zero-order valence-electron chi connectivity index (χ0n) is 9.11. The number of benzene rings is 1. The maximum absolute atomic E-state index is 5.58. The topological polar surface area (TPSA) is 69.6 Å². The van der Waals surface area contributed by atoms with Crippen LogP contribution in [0, 0.1) is 0 Å². The van der Waals surface area contributed by atoms with Gasteiger partial charge in [-0.3, -0.25) is 0 Å². The lowest BCUT2D eigenvalue weighted by Crippen LogP contribution is -2.05. The van der Waals surface area contributed by atoms with Gasteiger partial charge in [0.05, 0.1) is 11.2 Å². The van der Waals surface area contributed by atoms with Gasteiger partial charge in [-0.1, -0.05) is 23.4 Å². The van der Waals surface area contributed by atoms with Gasteiger partial charge in [-0.05, 0) is 24.3 Å². The van der Waals surface area contributed by atoms with Crippen LogP contribution in [-0.2, 0) is 6.54 Å². The van der Waals surface area contributed by atoms with Crippen molar-refractivity contribution in [1.82, 2.24) is 20.0 Å². The average Bonchev–Trinajstić information content (AvgIpc) is 2.82. The maximum atomic E-state index is 5.58. The minimum Gasteiger partial charge on any atom is -0.325 e. The van der Waals surface area contributed by atoms with E-state index in [1.807, 2.05) is 42.5 Å². The molecule has 3 aromatic rings. The zero-order valence-corrected chi connectivity index (χ0v) is 9.11. The molecular formula is C12H11N5. The molecule has 1 aromatic carbocycles. The number of pyridine rings is 1. The highest BCUT2D eigenvalue weighted by Crippen LogP contribution is 2.14. The SMILES string of the molecule is NCc1cccc(-n2nnc3ccccc32)n1. The first-order valence-electron chi connectivity index (χ1n) is 5.35. The molecule has 0 atom stereocenters. The number of para-hydroxylation sites is 1. The fraction of sp³-hybridized carbons (Fsp3) is 0.0833. The van der Waals surface area contributed by atoms with Gasteiger partial charge in [0.25, 0.3) is 0 Å². The number of aromatic nitrogens is 4. The molecule has 3 rings (SSSR count). The summed E-state index contributed by atoms with van der Waals surface area (Å²) in [6.07, 6.45) is 0. The quantitative estimate of drug-likeness (QED) is 0.713. The third kappa shape index (κ3) is 1.66. The van der Waals surface area contributed by atoms with E-state index in [0.29, 0.717) is 6.54 Å². The van der Waals surface area contributed by atoms with Crippen LogP contribution in [0.2, 0.25) is 0 Å². The summed E-state index contributed by atoms with van der Waals surface area (Å²) >= 11 is 0. The Morgan fingerprint density at radius 2 is 1.94 bits per heavy atom. The van der Waals surface area contributed by atoms with Crippen LogP contribution in [0.1, 0.15) is 5.69 Å². The van der Waals surface area contributed by atoms with Crippen LogP contribution in [0.4, 0.5) is 0 Å². The Balaban J connectivity index is 2.20. The molecule has 0 saturated carbocycles. The number of fused-ring (bicyclic) bond motifs is 1. The summed E-state index contributed by atoms with van der Waals surface area (Å²) in [5, 5.41) is 8.20. The molecule has 0 radical (unpaired) electrons. The summed E-state index contributed by atoms with van der Waals surface area (Å²) in [5.41, 5.74) is 8.21. The highest BCUT2D eigenvalue weighted by Gasteiger charge is 2.06. The standard InChI is InChI=1S/C12H11N5/c13-8-9-4-3-7-12(14-9)17-11-6-2-1-5-10(11)15-16-17/h1-7H,8,13H2. The lowest BCUT2D eigenvalue weighted by molar-refractivity contribution is 0.791. The van der Waals surface area contributed by atoms with Gasteiger partial charge >= 0.3 is 0 Å². The van der Waals surface area contributed by atoms with E-state index in [2.05, 4.69) is 15.3 Å². The zero-order chi connectivity index (χ0) is 11.7. The second-order valence-corrected chi connectivity index (χ2v) is 3.68. The number of hydrogen-bond donors (Lipinski definition) is 1. The van der Waals surface area contributed by atoms with E-state index in [-0.39, 0.29) is 0 Å². The molecule has 0 bridgehead atoms. The summed E-state index contributed by atoms with van der Waals surface area (Å²) in [7, 11) is 0. The monoisotopic (exact) mass is 225 g/mol. The fourth-order valence-electron chi connectivity index (χ4n) is 1.74. The van der Waals surface area contributed by atoms with Gasteiger partial charge < -0.3 is 5.73 Å². The molecule has 0 saturated heterocycles. The molecule has 2 N–H and O–H groups in total. The van der Waals surface area contributed by atoms with Gasteiger partial charge in [-0.25, -0.2) is 4.98 Å². The van der Waals surface area contributed by atoms with E-state index in [9.17, 15) is 0 Å². The first-order chi connectivity index (χ1) is 8.38. The first kappa shape index (κ1) is 9.92. The van der Waals surface area contributed by atoms with Crippen LogP contribution in [0.15, 0.2) is 42.5 Å². The summed E-state index contributed by atoms with van der Waals surface area (Å²) < 4.78 is 1.72. The number of rotatable bonds is 2. The summed E-state index contributed by atoms with van der Waals surface area (Å²) in [6, 6.07) is 13.5. The highest BCUT2D eigenvalue weighted by molar-refractivity contribution is 5.75. The minimum absolute atomic E-state index is 0.417. The normalized spacial score (nSPS) is 10.9. The number of hydrogen-bond acceptors (Lipinski definition) is 4. The highest BCUT2D eigenvalue weighted by atomic mass is 15.4. The summed E-state index contributed by atoms with van der Waals surface area (Å²) in [6.45, 7) is 0.417. The van der Waals surface area contributed by atoms with E-state index >= 15 is 0 Å². The predicted octanol–water partition coefficient (Wildman–Crippen LogP) is 1.27. The molecule has 5 nitrogen and oxygen atoms in total. The number of nitrogens with two attached hydrogens (primary N) is 1. The van der Waals surface area contributed by atoms with Crippen molar-refractivity contribution in [2.24, 2.45) is 5.73 Å². The van der Waals surface area contributed by atoms with Crippen molar-refractivity contribution in [1.29, 1.82) is 0 Å². The van der Waals surface area contributed by atoms with Crippen molar-refractivity contribution < 1.29 is 0 Å². The Labute approximate surface area is 97.9 Å². The van der Waals surface area contributed by atoms with Gasteiger partial charge in [0.15, 0.2) is 5.82 Å². The maximum Gasteiger partial charge on any atom is 0.156 e. The van der Waals surface area contributed by atoms with E-state index < -0.39 is 0 Å². The molecule has 5 heteroatoms. The van der Waals surface area contributed by atoms with Gasteiger partial charge in [-0.15, -0.1) is 5.10 Å². The van der Waals surface area contributed by atoms with E-state index in [4.69, 9.17) is 5.73 Å². The molecule has 2 aromatic heterocycles. The summed E-state index contributed by atoms with van der Waals surface area (Å²) in [4.78, 5) is 4.42. The van der Waals surface area contributed by atoms with Crippen molar-refractivity contribution >= 4 is 11.0 Å². The first-order valence-corrected chi connectivity index (χ1v) is 5.35. The lowest BCUT2D eigenvalue weighted by Gasteiger charge is -2.02. The second kappa shape index (κ2) is 3.95. The Morgan fingerprint density at radius 3 is 2.82 bits per heavy atom. The lowest BCUT2D eigenvalue weighted by atomic mass is 10.3. The molecule has 17 heavy (non-hydrogen) atoms. The van der Waals surface area contributed by atoms with Crippen LogP contribution in [0.3, 0.4) is 0 Å². The molecule has 2 heterocycles. The summed E-state index contributed by atoms with van der Waals surface area (Å²) in [5.74, 6) is 0.738. The number of nitrogens with zero attached hydrogens (tertiary/aromatic N) is 4. The largest absolute Gasteiger partial charge is 0.325 e. The Kier molecular flexibility index (Phi) is 2.31. The van der Waals surface area contributed by atoms with Gasteiger partial charge in [0, 0.05) is 6.54 Å². The van der Waals surface area contributed by atoms with Crippen LogP contribution in [-0.4, -0.2) is 20.0 Å². The van der Waals surface area contributed by atoms with Crippen molar-refractivity contribution in [3.63, 3.8) is 0 Å². The minimum atomic E-state index is 0.417. The van der Waals surface area contributed by atoms with Crippen LogP contribution in [0.5, 0.6) is 0 Å². The molecular weight excluding hydrogens is 214 g/mol. The van der Waals surface area contributed by atoms with Crippen molar-refractivity contribution in [2.75, 3.05) is 0 Å². The predicted molar refractivity (Wildman–Crippen MR) is 64.6 cm³/mol. The second-order valence-electron chi connectivity index (χ2n) is 3.68. The van der Waals surface area contributed by atoms with Crippen LogP contribution >= 0.6 is 0 Å². The van der Waals surface area contributed by atoms with E-state index in [1.54, 1.807) is 4.68 Å². The third-order valence-corrected chi connectivity index (χ3v) is 2.57. The molecule has 0 fully saturated rings. The third-order valence-electron chi connectivity index (χ3n) is 2.57. The Hall–Kier alpha value is -2.27. The van der Waals surface area contributed by atoms with E-state index in [0.717, 1.165) is 22.5 Å². The molecule has 0 aliphatic rings. The van der Waals surface area contributed by atoms with Crippen molar-refractivity contribution in [3.8, 4) is 5.82 Å². The molecule has 0 amide bonds. The van der Waals surface area contributed by atoms with Crippen molar-refractivity contribution in [3.05, 3.63) is 48.2 Å². The van der Waals surface area contributed by atoms with Gasteiger partial charge in [0.2, 0.25) is 0 Å². The van der Waals surface area contributed by atoms with E-state index in [1.165, 1.54) is 0 Å². The molecule has 0 aliphatic carbocycles. The smallest absolute Gasteiger partial charge is 0.156 e.